The zero-order valence-electron chi connectivity index (χ0n) is 38.0. The van der Waals surface area contributed by atoms with Crippen LogP contribution in [0.25, 0.3) is 0 Å². The predicted octanol–water partition coefficient (Wildman–Crippen LogP) is 12.9. The van der Waals surface area contributed by atoms with Crippen LogP contribution in [0.5, 0.6) is 0 Å². The van der Waals surface area contributed by atoms with E-state index in [4.69, 9.17) is 1.41 Å². The van der Waals surface area contributed by atoms with E-state index in [1.165, 1.54) is 181 Å². The molecule has 0 spiro atoms. The summed E-state index contributed by atoms with van der Waals surface area (Å²) in [5, 5.41) is 56.0. The molecule has 0 heterocycles. The Balaban J connectivity index is 6.44. The summed E-state index contributed by atoms with van der Waals surface area (Å²) in [7, 11) is 0. The molecule has 9 heteroatoms. The third-order valence-electron chi connectivity index (χ3n) is 12.7. The molecule has 7 nitrogen and oxygen atoms in total. The molecule has 0 aromatic rings. The van der Waals surface area contributed by atoms with Crippen molar-refractivity contribution in [2.75, 3.05) is 39.6 Å². The summed E-state index contributed by atoms with van der Waals surface area (Å²) >= 11 is -6.11. The van der Waals surface area contributed by atoms with Crippen molar-refractivity contribution in [3.05, 3.63) is 0 Å². The van der Waals surface area contributed by atoms with Crippen molar-refractivity contribution in [2.24, 2.45) is 0 Å². The van der Waals surface area contributed by atoms with Crippen molar-refractivity contribution in [2.45, 2.75) is 258 Å². The van der Waals surface area contributed by atoms with Crippen LogP contribution in [-0.2, 0) is 1.41 Å². The van der Waals surface area contributed by atoms with E-state index in [9.17, 15) is 30.6 Å². The summed E-state index contributed by atoms with van der Waals surface area (Å²) < 4.78 is 17.0. The van der Waals surface area contributed by atoms with Crippen LogP contribution in [0.1, 0.15) is 231 Å². The molecule has 0 atom stereocenters. The normalized spacial score (nSPS) is 12.3. The van der Waals surface area contributed by atoms with Gasteiger partial charge in [-0.2, -0.15) is 0 Å². The van der Waals surface area contributed by atoms with E-state index in [-0.39, 0.29) is 0 Å². The van der Waals surface area contributed by atoms with Gasteiger partial charge in [0, 0.05) is 0 Å². The van der Waals surface area contributed by atoms with E-state index >= 15 is 0 Å². The summed E-state index contributed by atoms with van der Waals surface area (Å²) in [6.07, 6.45) is 43.6. The zero-order valence-corrected chi connectivity index (χ0v) is 43.7. The first-order valence-corrected chi connectivity index (χ1v) is 39.9. The molecule has 0 unspecified atom stereocenters. The first-order chi connectivity index (χ1) is 28.1. The molecule has 0 aromatic carbocycles. The minimum absolute atomic E-state index is 0.316. The molecule has 344 valence electrons. The second-order valence-corrected chi connectivity index (χ2v) is 44.6. The second kappa shape index (κ2) is 46.8. The summed E-state index contributed by atoms with van der Waals surface area (Å²) in [5.41, 5.74) is 0. The van der Waals surface area contributed by atoms with Gasteiger partial charge in [-0.25, -0.2) is 0 Å². The minimum atomic E-state index is -3.06. The van der Waals surface area contributed by atoms with E-state index in [0.717, 1.165) is 77.0 Å². The molecule has 6 N–H and O–H groups in total. The van der Waals surface area contributed by atoms with Gasteiger partial charge < -0.3 is 0 Å². The van der Waals surface area contributed by atoms with Gasteiger partial charge in [0.2, 0.25) is 0 Å². The van der Waals surface area contributed by atoms with Crippen LogP contribution in [0.3, 0.4) is 0 Å². The molecule has 57 heavy (non-hydrogen) atoms. The van der Waals surface area contributed by atoms with Crippen molar-refractivity contribution >= 4 is 37.6 Å². The van der Waals surface area contributed by atoms with E-state index in [1.807, 2.05) is 0 Å². The monoisotopic (exact) mass is 1030 g/mol. The van der Waals surface area contributed by atoms with Gasteiger partial charge in [-0.3, -0.25) is 0 Å². The Morgan fingerprint density at radius 1 is 0.175 bits per heavy atom. The van der Waals surface area contributed by atoms with Gasteiger partial charge in [-0.05, 0) is 0 Å². The molecule has 0 fully saturated rings. The fraction of sp³-hybridized carbons (Fsp3) is 1.00. The summed E-state index contributed by atoms with van der Waals surface area (Å²) in [6.45, 7) is 1.90. The maximum absolute atomic E-state index is 9.34. The first kappa shape index (κ1) is 58.3. The van der Waals surface area contributed by atoms with E-state index < -0.39 is 37.6 Å². The molecule has 0 amide bonds. The number of hydrogen-bond donors (Lipinski definition) is 6. The predicted molar refractivity (Wildman–Crippen MR) is 250 cm³/mol. The van der Waals surface area contributed by atoms with Crippen molar-refractivity contribution in [3.8, 4) is 0 Å². The van der Waals surface area contributed by atoms with Gasteiger partial charge >= 0.3 is 367 Å². The van der Waals surface area contributed by atoms with Crippen molar-refractivity contribution in [3.63, 3.8) is 0 Å². The molecular formula is C48H102O7Sn2. The Kier molecular flexibility index (Phi) is 47.9. The molecule has 0 bridgehead atoms. The first-order valence-electron chi connectivity index (χ1n) is 25.4. The molecule has 0 aromatic heterocycles. The van der Waals surface area contributed by atoms with Crippen LogP contribution in [0, 0.1) is 0 Å². The van der Waals surface area contributed by atoms with E-state index in [1.54, 1.807) is 0 Å². The average Bonchev–Trinajstić information content (AvgIpc) is 3.21. The number of aliphatic hydroxyl groups is 6. The quantitative estimate of drug-likeness (QED) is 0.0264. The topological polar surface area (TPSA) is 131 Å². The Morgan fingerprint density at radius 3 is 0.439 bits per heavy atom. The molecule has 0 rings (SSSR count). The summed E-state index contributed by atoms with van der Waals surface area (Å²) in [6, 6.07) is 0. The second-order valence-electron chi connectivity index (χ2n) is 18.0. The molecule has 0 aliphatic carbocycles. The molecule has 0 saturated carbocycles. The van der Waals surface area contributed by atoms with Gasteiger partial charge in [0.05, 0.1) is 0 Å². The van der Waals surface area contributed by atoms with Crippen LogP contribution in [0.15, 0.2) is 0 Å². The van der Waals surface area contributed by atoms with Crippen LogP contribution in [0.4, 0.5) is 0 Å². The number of rotatable bonds is 50. The Morgan fingerprint density at radius 2 is 0.298 bits per heavy atom. The fourth-order valence-corrected chi connectivity index (χ4v) is 62.4. The molecule has 0 aliphatic rings. The van der Waals surface area contributed by atoms with Crippen molar-refractivity contribution in [1.82, 2.24) is 0 Å². The van der Waals surface area contributed by atoms with Gasteiger partial charge in [0.15, 0.2) is 0 Å². The standard InChI is InChI=1S/6C8H17O.O.2Sn/c6*1-2-3-4-5-6-7-8-9;;;/h6*9H,1-8H2;;;. The van der Waals surface area contributed by atoms with Crippen LogP contribution in [-0.4, -0.2) is 108 Å². The van der Waals surface area contributed by atoms with Gasteiger partial charge in [0.25, 0.3) is 0 Å². The Labute approximate surface area is 364 Å². The summed E-state index contributed by atoms with van der Waals surface area (Å²) in [5.74, 6) is 0. The molecule has 0 aliphatic heterocycles. The Bertz CT molecular complexity index is 611. The van der Waals surface area contributed by atoms with Crippen LogP contribution in [0.2, 0.25) is 26.6 Å². The van der Waals surface area contributed by atoms with E-state index in [0.29, 0.717) is 39.6 Å². The van der Waals surface area contributed by atoms with Gasteiger partial charge in [-0.1, -0.05) is 0 Å². The van der Waals surface area contributed by atoms with Crippen LogP contribution < -0.4 is 0 Å². The van der Waals surface area contributed by atoms with Crippen molar-refractivity contribution in [1.29, 1.82) is 0 Å². The Hall–Kier alpha value is 1.32. The van der Waals surface area contributed by atoms with Gasteiger partial charge in [0.1, 0.15) is 0 Å². The third-order valence-corrected chi connectivity index (χ3v) is 53.4. The number of aliphatic hydroxyl groups excluding tert-OH is 6. The summed E-state index contributed by atoms with van der Waals surface area (Å²) in [4.78, 5) is 0. The van der Waals surface area contributed by atoms with Crippen molar-refractivity contribution < 1.29 is 32.1 Å². The zero-order chi connectivity index (χ0) is 41.6. The number of unbranched alkanes of at least 4 members (excludes halogenated alkanes) is 30. The molecule has 0 saturated heterocycles. The molecular weight excluding hydrogens is 926 g/mol. The van der Waals surface area contributed by atoms with Gasteiger partial charge in [-0.15, -0.1) is 0 Å². The average molecular weight is 1030 g/mol. The maximum atomic E-state index is 9.34. The molecule has 0 radical (unpaired) electrons. The number of hydrogen-bond acceptors (Lipinski definition) is 7. The van der Waals surface area contributed by atoms with Crippen LogP contribution >= 0.6 is 0 Å². The third kappa shape index (κ3) is 38.7. The SMILES string of the molecule is OCCCCCCC[CH2][Sn]([CH2]CCCCCCCO)([CH2]CCCCCCCO)[O][Sn]([CH2]CCCCCCCO)([CH2]CCCCCCCO)[CH2]CCCCCCCO. The fourth-order valence-electron chi connectivity index (χ4n) is 9.11. The van der Waals surface area contributed by atoms with E-state index in [2.05, 4.69) is 0 Å².